The minimum absolute atomic E-state index is 0.102. The number of piperidine rings is 1. The van der Waals surface area contributed by atoms with Crippen LogP contribution in [0.2, 0.25) is 10.0 Å². The van der Waals surface area contributed by atoms with Gasteiger partial charge in [-0.1, -0.05) is 29.3 Å². The van der Waals surface area contributed by atoms with Gasteiger partial charge in [0.1, 0.15) is 0 Å². The Labute approximate surface area is 173 Å². The molecule has 1 heterocycles. The van der Waals surface area contributed by atoms with E-state index in [-0.39, 0.29) is 6.10 Å². The molecular weight excluding hydrogens is 383 g/mol. The van der Waals surface area contributed by atoms with Gasteiger partial charge in [-0.05, 0) is 63.3 Å². The number of aliphatic hydroxyl groups is 1. The zero-order chi connectivity index (χ0) is 19.5. The van der Waals surface area contributed by atoms with Crippen LogP contribution in [-0.2, 0) is 6.42 Å². The summed E-state index contributed by atoms with van der Waals surface area (Å²) in [6.45, 7) is 7.63. The molecule has 0 spiro atoms. The fraction of sp³-hybridized carbons (Fsp3) is 0.650. The quantitative estimate of drug-likeness (QED) is 0.329. The van der Waals surface area contributed by atoms with Gasteiger partial charge in [0.15, 0.2) is 5.96 Å². The molecule has 0 aliphatic carbocycles. The molecule has 7 heteroatoms. The highest BCUT2D eigenvalue weighted by Crippen LogP contribution is 2.22. The van der Waals surface area contributed by atoms with Crippen molar-refractivity contribution >= 4 is 29.2 Å². The van der Waals surface area contributed by atoms with Gasteiger partial charge >= 0.3 is 0 Å². The van der Waals surface area contributed by atoms with Crippen molar-refractivity contribution in [3.05, 3.63) is 33.8 Å². The SMILES string of the molecule is CCNC(=NCCCc1ccc(Cl)cc1Cl)NCCCN1CCC(O)CC1. The van der Waals surface area contributed by atoms with Crippen LogP contribution in [-0.4, -0.2) is 61.3 Å². The molecule has 1 aliphatic rings. The van der Waals surface area contributed by atoms with Gasteiger partial charge < -0.3 is 20.6 Å². The van der Waals surface area contributed by atoms with Gasteiger partial charge in [0.2, 0.25) is 0 Å². The number of halogens is 2. The topological polar surface area (TPSA) is 59.9 Å². The average molecular weight is 415 g/mol. The van der Waals surface area contributed by atoms with Crippen LogP contribution in [0.1, 0.15) is 38.2 Å². The molecule has 0 radical (unpaired) electrons. The predicted octanol–water partition coefficient (Wildman–Crippen LogP) is 3.33. The van der Waals surface area contributed by atoms with Crippen molar-refractivity contribution in [2.45, 2.75) is 45.1 Å². The van der Waals surface area contributed by atoms with Crippen LogP contribution >= 0.6 is 23.2 Å². The standard InChI is InChI=1S/C20H32Cl2N4O/c1-2-23-20(25-11-4-12-26-13-8-18(27)9-14-26)24-10-3-5-16-6-7-17(21)15-19(16)22/h6-7,15,18,27H,2-5,8-14H2,1H3,(H2,23,24,25). The largest absolute Gasteiger partial charge is 0.393 e. The molecule has 1 aromatic rings. The molecule has 0 amide bonds. The summed E-state index contributed by atoms with van der Waals surface area (Å²) < 4.78 is 0. The number of nitrogens with zero attached hydrogens (tertiary/aromatic N) is 2. The molecule has 27 heavy (non-hydrogen) atoms. The highest BCUT2D eigenvalue weighted by atomic mass is 35.5. The van der Waals surface area contributed by atoms with Crippen molar-refractivity contribution in [1.29, 1.82) is 0 Å². The fourth-order valence-electron chi connectivity index (χ4n) is 3.18. The Morgan fingerprint density at radius 2 is 2.00 bits per heavy atom. The van der Waals surface area contributed by atoms with E-state index in [4.69, 9.17) is 23.2 Å². The number of likely N-dealkylation sites (tertiary alicyclic amines) is 1. The lowest BCUT2D eigenvalue weighted by molar-refractivity contribution is 0.0823. The maximum atomic E-state index is 9.56. The van der Waals surface area contributed by atoms with Crippen molar-refractivity contribution in [2.75, 3.05) is 39.3 Å². The van der Waals surface area contributed by atoms with E-state index in [0.29, 0.717) is 5.02 Å². The summed E-state index contributed by atoms with van der Waals surface area (Å²) in [7, 11) is 0. The zero-order valence-corrected chi connectivity index (χ0v) is 17.7. The van der Waals surface area contributed by atoms with Crippen LogP contribution in [0.3, 0.4) is 0 Å². The second-order valence-electron chi connectivity index (χ2n) is 6.95. The molecule has 5 nitrogen and oxygen atoms in total. The van der Waals surface area contributed by atoms with E-state index in [1.807, 2.05) is 12.1 Å². The van der Waals surface area contributed by atoms with E-state index < -0.39 is 0 Å². The number of rotatable bonds is 9. The second-order valence-corrected chi connectivity index (χ2v) is 7.80. The molecule has 0 saturated carbocycles. The summed E-state index contributed by atoms with van der Waals surface area (Å²) >= 11 is 12.1. The summed E-state index contributed by atoms with van der Waals surface area (Å²) in [6, 6.07) is 5.65. The molecule has 0 aromatic heterocycles. The van der Waals surface area contributed by atoms with Gasteiger partial charge in [-0.2, -0.15) is 0 Å². The highest BCUT2D eigenvalue weighted by Gasteiger charge is 2.15. The molecule has 152 valence electrons. The Kier molecular flexibility index (Phi) is 10.3. The number of aliphatic hydroxyl groups excluding tert-OH is 1. The van der Waals surface area contributed by atoms with Crippen LogP contribution in [0.15, 0.2) is 23.2 Å². The molecule has 2 rings (SSSR count). The van der Waals surface area contributed by atoms with Crippen LogP contribution in [0, 0.1) is 0 Å². The minimum Gasteiger partial charge on any atom is -0.393 e. The van der Waals surface area contributed by atoms with E-state index in [2.05, 4.69) is 27.4 Å². The zero-order valence-electron chi connectivity index (χ0n) is 16.2. The Bertz CT molecular complexity index is 589. The smallest absolute Gasteiger partial charge is 0.191 e. The highest BCUT2D eigenvalue weighted by molar-refractivity contribution is 6.35. The van der Waals surface area contributed by atoms with Crippen molar-refractivity contribution in [2.24, 2.45) is 4.99 Å². The van der Waals surface area contributed by atoms with E-state index in [1.165, 1.54) is 0 Å². The van der Waals surface area contributed by atoms with E-state index in [0.717, 1.165) is 87.9 Å². The molecule has 0 bridgehead atoms. The summed E-state index contributed by atoms with van der Waals surface area (Å²) in [5.41, 5.74) is 1.11. The summed E-state index contributed by atoms with van der Waals surface area (Å²) in [5, 5.41) is 17.6. The third kappa shape index (κ3) is 8.69. The van der Waals surface area contributed by atoms with E-state index >= 15 is 0 Å². The lowest BCUT2D eigenvalue weighted by Crippen LogP contribution is -2.40. The van der Waals surface area contributed by atoms with Gasteiger partial charge in [0.25, 0.3) is 0 Å². The third-order valence-electron chi connectivity index (χ3n) is 4.73. The van der Waals surface area contributed by atoms with Gasteiger partial charge in [-0.3, -0.25) is 4.99 Å². The van der Waals surface area contributed by atoms with Crippen LogP contribution in [0.5, 0.6) is 0 Å². The second kappa shape index (κ2) is 12.4. The lowest BCUT2D eigenvalue weighted by atomic mass is 10.1. The first-order valence-corrected chi connectivity index (χ1v) is 10.7. The Morgan fingerprint density at radius 3 is 2.70 bits per heavy atom. The number of aryl methyl sites for hydroxylation is 1. The maximum absolute atomic E-state index is 9.56. The molecule has 0 atom stereocenters. The molecular formula is C20H32Cl2N4O. The van der Waals surface area contributed by atoms with E-state index in [9.17, 15) is 5.11 Å². The van der Waals surface area contributed by atoms with Crippen LogP contribution in [0.4, 0.5) is 0 Å². The monoisotopic (exact) mass is 414 g/mol. The van der Waals surface area contributed by atoms with Crippen molar-refractivity contribution in [1.82, 2.24) is 15.5 Å². The molecule has 1 aliphatic heterocycles. The Balaban J connectivity index is 1.65. The normalized spacial score (nSPS) is 16.5. The minimum atomic E-state index is -0.102. The molecule has 1 fully saturated rings. The van der Waals surface area contributed by atoms with Crippen molar-refractivity contribution in [3.8, 4) is 0 Å². The molecule has 1 saturated heterocycles. The maximum Gasteiger partial charge on any atom is 0.191 e. The summed E-state index contributed by atoms with van der Waals surface area (Å²) in [4.78, 5) is 7.07. The number of benzene rings is 1. The Morgan fingerprint density at radius 1 is 1.22 bits per heavy atom. The van der Waals surface area contributed by atoms with Crippen molar-refractivity contribution < 1.29 is 5.11 Å². The number of aliphatic imine (C=N–C) groups is 1. The van der Waals surface area contributed by atoms with Gasteiger partial charge in [-0.25, -0.2) is 0 Å². The average Bonchev–Trinajstić information content (AvgIpc) is 2.65. The fourth-order valence-corrected chi connectivity index (χ4v) is 3.68. The van der Waals surface area contributed by atoms with Crippen molar-refractivity contribution in [3.63, 3.8) is 0 Å². The van der Waals surface area contributed by atoms with Gasteiger partial charge in [0, 0.05) is 42.8 Å². The first kappa shape index (κ1) is 22.3. The summed E-state index contributed by atoms with van der Waals surface area (Å²) in [6.07, 6.45) is 4.59. The number of hydrogen-bond donors (Lipinski definition) is 3. The number of guanidine groups is 1. The molecule has 3 N–H and O–H groups in total. The van der Waals surface area contributed by atoms with Gasteiger partial charge in [0.05, 0.1) is 6.10 Å². The Hall–Kier alpha value is -1.01. The van der Waals surface area contributed by atoms with Gasteiger partial charge in [-0.15, -0.1) is 0 Å². The molecule has 1 aromatic carbocycles. The first-order valence-electron chi connectivity index (χ1n) is 9.95. The van der Waals surface area contributed by atoms with Crippen LogP contribution < -0.4 is 10.6 Å². The third-order valence-corrected chi connectivity index (χ3v) is 5.32. The number of nitrogens with one attached hydrogen (secondary N) is 2. The summed E-state index contributed by atoms with van der Waals surface area (Å²) in [5.74, 6) is 0.869. The van der Waals surface area contributed by atoms with E-state index in [1.54, 1.807) is 6.07 Å². The van der Waals surface area contributed by atoms with Crippen LogP contribution in [0.25, 0.3) is 0 Å². The first-order chi connectivity index (χ1) is 13.1. The lowest BCUT2D eigenvalue weighted by Gasteiger charge is -2.29. The number of hydrogen-bond acceptors (Lipinski definition) is 3. The predicted molar refractivity (Wildman–Crippen MR) is 115 cm³/mol. The molecule has 0 unspecified atom stereocenters.